The number of hydrogen-bond donors (Lipinski definition) is 1. The number of hydrogen-bond acceptors (Lipinski definition) is 4. The lowest BCUT2D eigenvalue weighted by atomic mass is 10.2. The summed E-state index contributed by atoms with van der Waals surface area (Å²) in [6.45, 7) is -0.413. The van der Waals surface area contributed by atoms with Crippen molar-refractivity contribution in [1.82, 2.24) is 0 Å². The standard InChI is InChI=1S/C21H15Cl2NO3S/c22-14-9-11-15(12-10-14)28-19-8-4-3-7-18(19)24-20(25)13-27-21(26)16-5-1-2-6-17(16)23/h1-12H,13H2,(H,24,25). The number of carbonyl (C=O) groups excluding carboxylic acids is 2. The summed E-state index contributed by atoms with van der Waals surface area (Å²) in [6, 6.07) is 21.3. The van der Waals surface area contributed by atoms with Gasteiger partial charge in [0.1, 0.15) is 0 Å². The molecule has 28 heavy (non-hydrogen) atoms. The molecule has 0 radical (unpaired) electrons. The van der Waals surface area contributed by atoms with Crippen LogP contribution in [0.1, 0.15) is 10.4 Å². The first-order valence-electron chi connectivity index (χ1n) is 8.27. The predicted octanol–water partition coefficient (Wildman–Crippen LogP) is 5.94. The Kier molecular flexibility index (Phi) is 6.98. The number of para-hydroxylation sites is 1. The van der Waals surface area contributed by atoms with E-state index in [-0.39, 0.29) is 10.6 Å². The highest BCUT2D eigenvalue weighted by molar-refractivity contribution is 7.99. The summed E-state index contributed by atoms with van der Waals surface area (Å²) < 4.78 is 5.06. The number of amides is 1. The molecule has 3 aromatic carbocycles. The molecular weight excluding hydrogens is 417 g/mol. The second kappa shape index (κ2) is 9.64. The Morgan fingerprint density at radius 3 is 2.32 bits per heavy atom. The Labute approximate surface area is 176 Å². The van der Waals surface area contributed by atoms with E-state index in [9.17, 15) is 9.59 Å². The van der Waals surface area contributed by atoms with Crippen molar-refractivity contribution in [2.45, 2.75) is 9.79 Å². The fraction of sp³-hybridized carbons (Fsp3) is 0.0476. The van der Waals surface area contributed by atoms with Gasteiger partial charge in [-0.2, -0.15) is 0 Å². The Morgan fingerprint density at radius 2 is 1.57 bits per heavy atom. The van der Waals surface area contributed by atoms with Gasteiger partial charge in [-0.25, -0.2) is 4.79 Å². The normalized spacial score (nSPS) is 10.4. The monoisotopic (exact) mass is 431 g/mol. The summed E-state index contributed by atoms with van der Waals surface area (Å²) in [5.74, 6) is -1.09. The van der Waals surface area contributed by atoms with Gasteiger partial charge in [-0.1, -0.05) is 59.2 Å². The molecule has 1 amide bonds. The molecular formula is C21H15Cl2NO3S. The van der Waals surface area contributed by atoms with Crippen molar-refractivity contribution in [1.29, 1.82) is 0 Å². The van der Waals surface area contributed by atoms with Gasteiger partial charge in [-0.15, -0.1) is 0 Å². The first kappa shape index (κ1) is 20.3. The van der Waals surface area contributed by atoms with E-state index in [2.05, 4.69) is 5.32 Å². The molecule has 0 saturated heterocycles. The van der Waals surface area contributed by atoms with Gasteiger partial charge in [-0.3, -0.25) is 4.79 Å². The Balaban J connectivity index is 1.62. The quantitative estimate of drug-likeness (QED) is 0.490. The summed E-state index contributed by atoms with van der Waals surface area (Å²) in [7, 11) is 0. The molecule has 3 aromatic rings. The van der Waals surface area contributed by atoms with Crippen molar-refractivity contribution in [3.63, 3.8) is 0 Å². The lowest BCUT2D eigenvalue weighted by Crippen LogP contribution is -2.21. The van der Waals surface area contributed by atoms with Crippen LogP contribution in [0.2, 0.25) is 10.0 Å². The van der Waals surface area contributed by atoms with Gasteiger partial charge in [-0.05, 0) is 48.5 Å². The smallest absolute Gasteiger partial charge is 0.340 e. The average Bonchev–Trinajstić information content (AvgIpc) is 2.70. The molecule has 0 fully saturated rings. The van der Waals surface area contributed by atoms with Gasteiger partial charge < -0.3 is 10.1 Å². The Hall–Kier alpha value is -2.47. The van der Waals surface area contributed by atoms with Crippen LogP contribution in [0.4, 0.5) is 5.69 Å². The Morgan fingerprint density at radius 1 is 0.893 bits per heavy atom. The van der Waals surface area contributed by atoms with E-state index in [1.54, 1.807) is 42.5 Å². The van der Waals surface area contributed by atoms with Crippen LogP contribution in [0.15, 0.2) is 82.6 Å². The van der Waals surface area contributed by atoms with Crippen LogP contribution < -0.4 is 5.32 Å². The van der Waals surface area contributed by atoms with E-state index in [0.29, 0.717) is 10.7 Å². The zero-order valence-corrected chi connectivity index (χ0v) is 16.9. The molecule has 0 aliphatic heterocycles. The van der Waals surface area contributed by atoms with Gasteiger partial charge in [0.25, 0.3) is 5.91 Å². The SMILES string of the molecule is O=C(COC(=O)c1ccccc1Cl)Nc1ccccc1Sc1ccc(Cl)cc1. The van der Waals surface area contributed by atoms with Crippen molar-refractivity contribution < 1.29 is 14.3 Å². The largest absolute Gasteiger partial charge is 0.452 e. The molecule has 3 rings (SSSR count). The van der Waals surface area contributed by atoms with Gasteiger partial charge >= 0.3 is 5.97 Å². The maximum Gasteiger partial charge on any atom is 0.340 e. The van der Waals surface area contributed by atoms with Crippen molar-refractivity contribution in [2.75, 3.05) is 11.9 Å². The number of carbonyl (C=O) groups is 2. The second-order valence-corrected chi connectivity index (χ2v) is 7.62. The summed E-state index contributed by atoms with van der Waals surface area (Å²) in [5.41, 5.74) is 0.844. The van der Waals surface area contributed by atoms with Crippen LogP contribution in [0.25, 0.3) is 0 Å². The molecule has 1 N–H and O–H groups in total. The molecule has 0 spiro atoms. The van der Waals surface area contributed by atoms with Crippen LogP contribution >= 0.6 is 35.0 Å². The van der Waals surface area contributed by atoms with Crippen molar-refractivity contribution in [3.05, 3.63) is 88.4 Å². The molecule has 0 unspecified atom stereocenters. The third-order valence-electron chi connectivity index (χ3n) is 3.63. The lowest BCUT2D eigenvalue weighted by Gasteiger charge is -2.11. The van der Waals surface area contributed by atoms with E-state index in [0.717, 1.165) is 9.79 Å². The molecule has 4 nitrogen and oxygen atoms in total. The van der Waals surface area contributed by atoms with Crippen molar-refractivity contribution >= 4 is 52.5 Å². The van der Waals surface area contributed by atoms with Crippen LogP contribution in [-0.4, -0.2) is 18.5 Å². The molecule has 0 aliphatic carbocycles. The molecule has 0 aromatic heterocycles. The third kappa shape index (κ3) is 5.52. The van der Waals surface area contributed by atoms with E-state index in [4.69, 9.17) is 27.9 Å². The number of ether oxygens (including phenoxy) is 1. The number of halogens is 2. The summed E-state index contributed by atoms with van der Waals surface area (Å²) in [5, 5.41) is 3.70. The predicted molar refractivity (Wildman–Crippen MR) is 112 cm³/mol. The number of nitrogens with one attached hydrogen (secondary N) is 1. The van der Waals surface area contributed by atoms with E-state index in [1.807, 2.05) is 30.3 Å². The zero-order valence-electron chi connectivity index (χ0n) is 14.5. The first-order chi connectivity index (χ1) is 13.5. The third-order valence-corrected chi connectivity index (χ3v) is 5.30. The van der Waals surface area contributed by atoms with Crippen LogP contribution in [-0.2, 0) is 9.53 Å². The second-order valence-electron chi connectivity index (χ2n) is 5.66. The van der Waals surface area contributed by atoms with Crippen LogP contribution in [0.5, 0.6) is 0 Å². The summed E-state index contributed by atoms with van der Waals surface area (Å²) in [6.07, 6.45) is 0. The molecule has 0 aliphatic rings. The minimum atomic E-state index is -0.649. The number of rotatable bonds is 6. The fourth-order valence-corrected chi connectivity index (χ4v) is 3.55. The van der Waals surface area contributed by atoms with Crippen molar-refractivity contribution in [3.8, 4) is 0 Å². The van der Waals surface area contributed by atoms with Gasteiger partial charge in [0, 0.05) is 14.8 Å². The van der Waals surface area contributed by atoms with Gasteiger partial charge in [0.15, 0.2) is 6.61 Å². The maximum absolute atomic E-state index is 12.2. The highest BCUT2D eigenvalue weighted by Gasteiger charge is 2.14. The van der Waals surface area contributed by atoms with E-state index in [1.165, 1.54) is 11.8 Å². The van der Waals surface area contributed by atoms with Crippen molar-refractivity contribution in [2.24, 2.45) is 0 Å². The van der Waals surface area contributed by atoms with Gasteiger partial charge in [0.2, 0.25) is 0 Å². The summed E-state index contributed by atoms with van der Waals surface area (Å²) in [4.78, 5) is 26.1. The Bertz CT molecular complexity index is 993. The van der Waals surface area contributed by atoms with Crippen LogP contribution in [0.3, 0.4) is 0 Å². The average molecular weight is 432 g/mol. The maximum atomic E-state index is 12.2. The molecule has 0 saturated carbocycles. The number of benzene rings is 3. The van der Waals surface area contributed by atoms with E-state index >= 15 is 0 Å². The van der Waals surface area contributed by atoms with Crippen LogP contribution in [0, 0.1) is 0 Å². The molecule has 0 heterocycles. The first-order valence-corrected chi connectivity index (χ1v) is 9.84. The minimum absolute atomic E-state index is 0.218. The zero-order chi connectivity index (χ0) is 19.9. The summed E-state index contributed by atoms with van der Waals surface area (Å²) >= 11 is 13.4. The minimum Gasteiger partial charge on any atom is -0.452 e. The highest BCUT2D eigenvalue weighted by atomic mass is 35.5. The molecule has 0 bridgehead atoms. The number of esters is 1. The highest BCUT2D eigenvalue weighted by Crippen LogP contribution is 2.33. The fourth-order valence-electron chi connectivity index (χ4n) is 2.31. The van der Waals surface area contributed by atoms with E-state index < -0.39 is 18.5 Å². The molecule has 142 valence electrons. The molecule has 0 atom stereocenters. The lowest BCUT2D eigenvalue weighted by molar-refractivity contribution is -0.119. The molecule has 7 heteroatoms. The number of anilines is 1. The topological polar surface area (TPSA) is 55.4 Å². The van der Waals surface area contributed by atoms with Gasteiger partial charge in [0.05, 0.1) is 16.3 Å².